The van der Waals surface area contributed by atoms with Crippen molar-refractivity contribution in [2.45, 2.75) is 50.5 Å². The van der Waals surface area contributed by atoms with Crippen LogP contribution in [0.1, 0.15) is 44.7 Å². The van der Waals surface area contributed by atoms with E-state index in [4.69, 9.17) is 15.6 Å². The summed E-state index contributed by atoms with van der Waals surface area (Å²) in [5.41, 5.74) is 6.82. The van der Waals surface area contributed by atoms with Crippen molar-refractivity contribution in [3.8, 4) is 0 Å². The third kappa shape index (κ3) is 3.67. The molecule has 4 rings (SSSR count). The molecule has 0 aromatic carbocycles. The van der Waals surface area contributed by atoms with Gasteiger partial charge in [-0.2, -0.15) is 0 Å². The summed E-state index contributed by atoms with van der Waals surface area (Å²) in [6.45, 7) is 3.49. The SMILES string of the molecule is CCC1(c2cc(F)c3cnc(N)nn23)CC=CC1.OC1CCCOC1. The summed E-state index contributed by atoms with van der Waals surface area (Å²) in [6, 6.07) is 1.57. The molecule has 1 unspecified atom stereocenters. The van der Waals surface area contributed by atoms with E-state index in [9.17, 15) is 4.39 Å². The first-order valence-corrected chi connectivity index (χ1v) is 8.77. The van der Waals surface area contributed by atoms with Crippen molar-refractivity contribution < 1.29 is 14.2 Å². The minimum atomic E-state index is -0.287. The lowest BCUT2D eigenvalue weighted by atomic mass is 9.79. The van der Waals surface area contributed by atoms with Crippen LogP contribution in [0, 0.1) is 5.82 Å². The summed E-state index contributed by atoms with van der Waals surface area (Å²) >= 11 is 0. The lowest BCUT2D eigenvalue weighted by molar-refractivity contribution is -0.00535. The van der Waals surface area contributed by atoms with Gasteiger partial charge in [-0.3, -0.25) is 0 Å². The molecule has 1 saturated heterocycles. The maximum Gasteiger partial charge on any atom is 0.238 e. The van der Waals surface area contributed by atoms with E-state index in [1.165, 1.54) is 6.20 Å². The monoisotopic (exact) mass is 348 g/mol. The maximum atomic E-state index is 13.9. The number of nitrogens with two attached hydrogens (primary N) is 1. The highest BCUT2D eigenvalue weighted by Crippen LogP contribution is 2.40. The van der Waals surface area contributed by atoms with Crippen LogP contribution in [0.15, 0.2) is 24.4 Å². The number of fused-ring (bicyclic) bond motifs is 1. The average molecular weight is 348 g/mol. The largest absolute Gasteiger partial charge is 0.391 e. The van der Waals surface area contributed by atoms with E-state index >= 15 is 0 Å². The molecule has 2 aromatic rings. The van der Waals surface area contributed by atoms with Crippen molar-refractivity contribution in [3.05, 3.63) is 35.9 Å². The van der Waals surface area contributed by atoms with Crippen LogP contribution in [0.5, 0.6) is 0 Å². The van der Waals surface area contributed by atoms with Crippen LogP contribution in [-0.2, 0) is 10.2 Å². The van der Waals surface area contributed by atoms with E-state index < -0.39 is 0 Å². The van der Waals surface area contributed by atoms with Crippen LogP contribution in [0.2, 0.25) is 0 Å². The quantitative estimate of drug-likeness (QED) is 0.815. The van der Waals surface area contributed by atoms with Crippen LogP contribution in [0.3, 0.4) is 0 Å². The predicted molar refractivity (Wildman–Crippen MR) is 93.8 cm³/mol. The van der Waals surface area contributed by atoms with Crippen LogP contribution in [-0.4, -0.2) is 39.0 Å². The van der Waals surface area contributed by atoms with E-state index in [2.05, 4.69) is 29.2 Å². The number of rotatable bonds is 2. The fraction of sp³-hybridized carbons (Fsp3) is 0.556. The normalized spacial score (nSPS) is 22.0. The van der Waals surface area contributed by atoms with Crippen molar-refractivity contribution in [1.82, 2.24) is 14.6 Å². The lowest BCUT2D eigenvalue weighted by Gasteiger charge is -2.26. The van der Waals surface area contributed by atoms with Gasteiger partial charge in [-0.25, -0.2) is 13.9 Å². The van der Waals surface area contributed by atoms with Gasteiger partial charge in [-0.05, 0) is 38.2 Å². The number of hydrogen-bond acceptors (Lipinski definition) is 5. The Morgan fingerprint density at radius 1 is 1.44 bits per heavy atom. The van der Waals surface area contributed by atoms with Crippen molar-refractivity contribution in [3.63, 3.8) is 0 Å². The Kier molecular flexibility index (Phi) is 5.34. The highest BCUT2D eigenvalue weighted by atomic mass is 19.1. The zero-order chi connectivity index (χ0) is 17.9. The first-order chi connectivity index (χ1) is 12.1. The number of aliphatic hydroxyl groups excluding tert-OH is 1. The standard InChI is InChI=1S/C13H15FN4.C5H10O2/c1-2-13(5-3-4-6-13)11-7-9(14)10-8-16-12(15)17-18(10)11;6-5-2-1-3-7-4-5/h3-4,7-8H,2,5-6H2,1H3,(H2,15,17);5-6H,1-4H2. The summed E-state index contributed by atoms with van der Waals surface area (Å²) in [6.07, 6.45) is 10.2. The fourth-order valence-corrected chi connectivity index (χ4v) is 3.45. The smallest absolute Gasteiger partial charge is 0.238 e. The second-order valence-corrected chi connectivity index (χ2v) is 6.68. The van der Waals surface area contributed by atoms with Gasteiger partial charge in [0.05, 0.1) is 24.6 Å². The average Bonchev–Trinajstić information content (AvgIpc) is 3.22. The molecule has 0 bridgehead atoms. The summed E-state index contributed by atoms with van der Waals surface area (Å²) in [4.78, 5) is 3.85. The summed E-state index contributed by atoms with van der Waals surface area (Å²) < 4.78 is 20.5. The van der Waals surface area contributed by atoms with E-state index in [0.717, 1.165) is 44.4 Å². The maximum absolute atomic E-state index is 13.9. The fourth-order valence-electron chi connectivity index (χ4n) is 3.45. The molecule has 0 amide bonds. The number of anilines is 1. The number of aromatic nitrogens is 3. The van der Waals surface area contributed by atoms with Crippen LogP contribution >= 0.6 is 0 Å². The number of allylic oxidation sites excluding steroid dienone is 2. The predicted octanol–water partition coefficient (Wildman–Crippen LogP) is 2.61. The van der Waals surface area contributed by atoms with Gasteiger partial charge in [-0.15, -0.1) is 5.10 Å². The van der Waals surface area contributed by atoms with Gasteiger partial charge in [0.25, 0.3) is 0 Å². The molecule has 1 atom stereocenters. The number of aliphatic hydroxyl groups is 1. The Balaban J connectivity index is 0.000000219. The number of halogens is 1. The molecule has 1 fully saturated rings. The first kappa shape index (κ1) is 17.8. The lowest BCUT2D eigenvalue weighted by Crippen LogP contribution is -2.24. The van der Waals surface area contributed by atoms with Crippen LogP contribution < -0.4 is 5.73 Å². The van der Waals surface area contributed by atoms with E-state index in [1.54, 1.807) is 10.6 Å². The van der Waals surface area contributed by atoms with Crippen LogP contribution in [0.25, 0.3) is 5.52 Å². The minimum Gasteiger partial charge on any atom is -0.391 e. The number of ether oxygens (including phenoxy) is 1. The molecule has 3 heterocycles. The van der Waals surface area contributed by atoms with Gasteiger partial charge in [0.2, 0.25) is 5.95 Å². The first-order valence-electron chi connectivity index (χ1n) is 8.77. The van der Waals surface area contributed by atoms with Crippen LogP contribution in [0.4, 0.5) is 10.3 Å². The van der Waals surface area contributed by atoms with E-state index in [0.29, 0.717) is 12.1 Å². The van der Waals surface area contributed by atoms with Crippen molar-refractivity contribution in [2.75, 3.05) is 18.9 Å². The topological polar surface area (TPSA) is 85.7 Å². The van der Waals surface area contributed by atoms with Gasteiger partial charge in [-0.1, -0.05) is 19.1 Å². The highest BCUT2D eigenvalue weighted by molar-refractivity contribution is 5.51. The third-order valence-corrected chi connectivity index (χ3v) is 5.03. The molecule has 6 nitrogen and oxygen atoms in total. The Hall–Kier alpha value is -1.99. The molecule has 0 radical (unpaired) electrons. The molecular weight excluding hydrogens is 323 g/mol. The number of nitrogen functional groups attached to an aromatic ring is 1. The Morgan fingerprint density at radius 3 is 2.76 bits per heavy atom. The van der Waals surface area contributed by atoms with Gasteiger partial charge in [0.15, 0.2) is 5.82 Å². The Morgan fingerprint density at radius 2 is 2.20 bits per heavy atom. The molecular formula is C18H25FN4O2. The molecule has 3 N–H and O–H groups in total. The van der Waals surface area contributed by atoms with Gasteiger partial charge >= 0.3 is 0 Å². The molecule has 136 valence electrons. The second-order valence-electron chi connectivity index (χ2n) is 6.68. The summed E-state index contributed by atoms with van der Waals surface area (Å²) in [5.74, 6) is -0.124. The summed E-state index contributed by atoms with van der Waals surface area (Å²) in [5, 5.41) is 12.9. The van der Waals surface area contributed by atoms with Crippen molar-refractivity contribution >= 4 is 11.5 Å². The second kappa shape index (κ2) is 7.49. The molecule has 1 aliphatic carbocycles. The zero-order valence-electron chi connectivity index (χ0n) is 14.5. The molecule has 2 aliphatic rings. The molecule has 2 aromatic heterocycles. The van der Waals surface area contributed by atoms with Crippen molar-refractivity contribution in [2.24, 2.45) is 0 Å². The van der Waals surface area contributed by atoms with Gasteiger partial charge in [0, 0.05) is 12.0 Å². The molecule has 25 heavy (non-hydrogen) atoms. The minimum absolute atomic E-state index is 0.0615. The molecule has 0 saturated carbocycles. The van der Waals surface area contributed by atoms with Crippen molar-refractivity contribution in [1.29, 1.82) is 0 Å². The van der Waals surface area contributed by atoms with Gasteiger partial charge < -0.3 is 15.6 Å². The van der Waals surface area contributed by atoms with Gasteiger partial charge in [0.1, 0.15) is 5.52 Å². The Bertz CT molecular complexity index is 745. The zero-order valence-corrected chi connectivity index (χ0v) is 14.5. The van der Waals surface area contributed by atoms with E-state index in [-0.39, 0.29) is 23.3 Å². The van der Waals surface area contributed by atoms with E-state index in [1.807, 2.05) is 0 Å². The third-order valence-electron chi connectivity index (χ3n) is 5.03. The Labute approximate surface area is 146 Å². The number of nitrogens with zero attached hydrogens (tertiary/aromatic N) is 3. The summed E-state index contributed by atoms with van der Waals surface area (Å²) in [7, 11) is 0. The molecule has 7 heteroatoms. The molecule has 1 aliphatic heterocycles. The highest BCUT2D eigenvalue weighted by Gasteiger charge is 2.35. The molecule has 0 spiro atoms. The number of hydrogen-bond donors (Lipinski definition) is 2.